The van der Waals surface area contributed by atoms with Crippen molar-refractivity contribution in [2.75, 3.05) is 0 Å². The van der Waals surface area contributed by atoms with Crippen LogP contribution in [0.2, 0.25) is 0 Å². The summed E-state index contributed by atoms with van der Waals surface area (Å²) in [7, 11) is 0. The van der Waals surface area contributed by atoms with Gasteiger partial charge >= 0.3 is 0 Å². The van der Waals surface area contributed by atoms with Gasteiger partial charge in [-0.2, -0.15) is 0 Å². The molecule has 1 rings (SSSR count). The van der Waals surface area contributed by atoms with Crippen LogP contribution in [-0.2, 0) is 5.41 Å². The number of aromatic hydroxyl groups is 1. The van der Waals surface area contributed by atoms with Gasteiger partial charge in [0.15, 0.2) is 0 Å². The van der Waals surface area contributed by atoms with E-state index in [1.165, 1.54) is 153 Å². The predicted molar refractivity (Wildman–Crippen MR) is 171 cm³/mol. The SMILES string of the molecule is CCCCCCCCC(C)CC(CCCCCCCC)CC(C)(CCCCCCCC)c1ccc(O)cc1. The average Bonchev–Trinajstić information content (AvgIpc) is 2.90. The number of benzene rings is 1. The highest BCUT2D eigenvalue weighted by Crippen LogP contribution is 2.40. The second kappa shape index (κ2) is 22.8. The highest BCUT2D eigenvalue weighted by Gasteiger charge is 2.30. The third kappa shape index (κ3) is 16.9. The Balaban J connectivity index is 2.81. The molecule has 3 unspecified atom stereocenters. The third-order valence-corrected chi connectivity index (χ3v) is 9.14. The molecule has 0 radical (unpaired) electrons. The molecule has 3 atom stereocenters. The Kier molecular flexibility index (Phi) is 21.0. The molecule has 0 bridgehead atoms. The van der Waals surface area contributed by atoms with E-state index in [-0.39, 0.29) is 5.41 Å². The fourth-order valence-corrected chi connectivity index (χ4v) is 6.64. The molecule has 1 aromatic rings. The summed E-state index contributed by atoms with van der Waals surface area (Å²) in [6.45, 7) is 12.0. The number of unbranched alkanes of at least 4 members (excludes halogenated alkanes) is 15. The van der Waals surface area contributed by atoms with Crippen molar-refractivity contribution in [2.24, 2.45) is 11.8 Å². The molecule has 0 saturated carbocycles. The molecule has 0 aliphatic carbocycles. The van der Waals surface area contributed by atoms with Crippen molar-refractivity contribution in [3.05, 3.63) is 29.8 Å². The lowest BCUT2D eigenvalue weighted by Crippen LogP contribution is -2.27. The van der Waals surface area contributed by atoms with E-state index in [0.717, 1.165) is 11.8 Å². The smallest absolute Gasteiger partial charge is 0.115 e. The summed E-state index contributed by atoms with van der Waals surface area (Å²) in [6.07, 6.45) is 31.8. The minimum absolute atomic E-state index is 0.213. The molecule has 38 heavy (non-hydrogen) atoms. The maximum atomic E-state index is 9.98. The molecule has 0 aromatic heterocycles. The molecule has 0 fully saturated rings. The molecule has 0 spiro atoms. The highest BCUT2D eigenvalue weighted by atomic mass is 16.3. The minimum Gasteiger partial charge on any atom is -0.508 e. The summed E-state index contributed by atoms with van der Waals surface area (Å²) in [5, 5.41) is 9.98. The Hall–Kier alpha value is -0.980. The minimum atomic E-state index is 0.213. The molecule has 1 nitrogen and oxygen atoms in total. The molecular weight excluding hydrogens is 460 g/mol. The summed E-state index contributed by atoms with van der Waals surface area (Å²) >= 11 is 0. The Labute approximate surface area is 240 Å². The number of hydrogen-bond acceptors (Lipinski definition) is 1. The Morgan fingerprint density at radius 3 is 1.58 bits per heavy atom. The van der Waals surface area contributed by atoms with Crippen molar-refractivity contribution in [3.8, 4) is 5.75 Å². The van der Waals surface area contributed by atoms with E-state index in [1.54, 1.807) is 0 Å². The van der Waals surface area contributed by atoms with E-state index in [0.29, 0.717) is 5.75 Å². The topological polar surface area (TPSA) is 20.2 Å². The lowest BCUT2D eigenvalue weighted by atomic mass is 9.69. The Morgan fingerprint density at radius 2 is 1.05 bits per heavy atom. The first-order valence-corrected chi connectivity index (χ1v) is 17.2. The lowest BCUT2D eigenvalue weighted by Gasteiger charge is -2.35. The van der Waals surface area contributed by atoms with Crippen LogP contribution in [-0.4, -0.2) is 5.11 Å². The maximum absolute atomic E-state index is 9.98. The van der Waals surface area contributed by atoms with Crippen molar-refractivity contribution in [1.82, 2.24) is 0 Å². The molecule has 1 heteroatoms. The molecule has 0 aliphatic heterocycles. The van der Waals surface area contributed by atoms with Crippen LogP contribution in [0.3, 0.4) is 0 Å². The standard InChI is InChI=1S/C37H68O/c1-6-9-12-15-18-21-24-33(4)31-34(25-22-19-16-13-10-7-2)32-37(5,30-23-20-17-14-11-8-3)35-26-28-36(38)29-27-35/h26-29,33-34,38H,6-25,30-32H2,1-5H3. The van der Waals surface area contributed by atoms with Gasteiger partial charge in [0.1, 0.15) is 5.75 Å². The summed E-state index contributed by atoms with van der Waals surface area (Å²) < 4.78 is 0. The number of phenolic OH excluding ortho intramolecular Hbond substituents is 1. The summed E-state index contributed by atoms with van der Waals surface area (Å²) in [6, 6.07) is 8.26. The Morgan fingerprint density at radius 1 is 0.605 bits per heavy atom. The maximum Gasteiger partial charge on any atom is 0.115 e. The van der Waals surface area contributed by atoms with E-state index in [1.807, 2.05) is 12.1 Å². The number of hydrogen-bond donors (Lipinski definition) is 1. The molecule has 1 aromatic carbocycles. The van der Waals surface area contributed by atoms with Gasteiger partial charge in [0, 0.05) is 0 Å². The lowest BCUT2D eigenvalue weighted by molar-refractivity contribution is 0.248. The first-order valence-electron chi connectivity index (χ1n) is 17.2. The number of phenols is 1. The van der Waals surface area contributed by atoms with Gasteiger partial charge in [0.05, 0.1) is 0 Å². The van der Waals surface area contributed by atoms with Gasteiger partial charge in [-0.3, -0.25) is 0 Å². The summed E-state index contributed by atoms with van der Waals surface area (Å²) in [5.74, 6) is 2.05. The molecule has 222 valence electrons. The second-order valence-electron chi connectivity index (χ2n) is 13.1. The van der Waals surface area contributed by atoms with Gasteiger partial charge in [0.2, 0.25) is 0 Å². The highest BCUT2D eigenvalue weighted by molar-refractivity contribution is 5.31. The van der Waals surface area contributed by atoms with Crippen LogP contribution in [0.1, 0.15) is 188 Å². The van der Waals surface area contributed by atoms with Crippen molar-refractivity contribution in [3.63, 3.8) is 0 Å². The fraction of sp³-hybridized carbons (Fsp3) is 0.838. The molecule has 0 amide bonds. The second-order valence-corrected chi connectivity index (χ2v) is 13.1. The first-order chi connectivity index (χ1) is 18.4. The average molecular weight is 529 g/mol. The van der Waals surface area contributed by atoms with Gasteiger partial charge < -0.3 is 5.11 Å². The van der Waals surface area contributed by atoms with Crippen molar-refractivity contribution in [1.29, 1.82) is 0 Å². The normalized spacial score (nSPS) is 14.9. The van der Waals surface area contributed by atoms with E-state index >= 15 is 0 Å². The molecule has 1 N–H and O–H groups in total. The van der Waals surface area contributed by atoms with Gasteiger partial charge in [-0.15, -0.1) is 0 Å². The van der Waals surface area contributed by atoms with E-state index in [4.69, 9.17) is 0 Å². The van der Waals surface area contributed by atoms with Gasteiger partial charge in [-0.05, 0) is 54.2 Å². The molecule has 0 heterocycles. The zero-order valence-corrected chi connectivity index (χ0v) is 26.7. The van der Waals surface area contributed by atoms with Crippen LogP contribution in [0.4, 0.5) is 0 Å². The van der Waals surface area contributed by atoms with Crippen molar-refractivity contribution in [2.45, 2.75) is 188 Å². The molecule has 0 aliphatic rings. The Bertz CT molecular complexity index is 635. The van der Waals surface area contributed by atoms with Crippen LogP contribution in [0.15, 0.2) is 24.3 Å². The van der Waals surface area contributed by atoms with Crippen LogP contribution in [0.5, 0.6) is 5.75 Å². The van der Waals surface area contributed by atoms with E-state index in [9.17, 15) is 5.11 Å². The van der Waals surface area contributed by atoms with Crippen molar-refractivity contribution >= 4 is 0 Å². The van der Waals surface area contributed by atoms with E-state index < -0.39 is 0 Å². The van der Waals surface area contributed by atoms with Crippen molar-refractivity contribution < 1.29 is 5.11 Å². The van der Waals surface area contributed by atoms with Crippen LogP contribution in [0, 0.1) is 11.8 Å². The van der Waals surface area contributed by atoms with Gasteiger partial charge in [0.25, 0.3) is 0 Å². The zero-order chi connectivity index (χ0) is 27.9. The van der Waals surface area contributed by atoms with Gasteiger partial charge in [-0.25, -0.2) is 0 Å². The van der Waals surface area contributed by atoms with Crippen LogP contribution < -0.4 is 0 Å². The fourth-order valence-electron chi connectivity index (χ4n) is 6.64. The molecular formula is C37H68O. The number of rotatable bonds is 26. The summed E-state index contributed by atoms with van der Waals surface area (Å²) in [4.78, 5) is 0. The summed E-state index contributed by atoms with van der Waals surface area (Å²) in [5.41, 5.74) is 1.66. The monoisotopic (exact) mass is 529 g/mol. The largest absolute Gasteiger partial charge is 0.508 e. The third-order valence-electron chi connectivity index (χ3n) is 9.14. The quantitative estimate of drug-likeness (QED) is 0.119. The van der Waals surface area contributed by atoms with Crippen LogP contribution in [0.25, 0.3) is 0 Å². The van der Waals surface area contributed by atoms with Crippen LogP contribution >= 0.6 is 0 Å². The van der Waals surface area contributed by atoms with E-state index in [2.05, 4.69) is 46.8 Å². The van der Waals surface area contributed by atoms with Gasteiger partial charge in [-0.1, -0.05) is 175 Å². The predicted octanol–water partition coefficient (Wildman–Crippen LogP) is 12.9. The zero-order valence-electron chi connectivity index (χ0n) is 26.7. The first kappa shape index (κ1) is 35.0. The molecule has 0 saturated heterocycles.